The van der Waals surface area contributed by atoms with Gasteiger partial charge in [-0.1, -0.05) is 84.1 Å². The number of nitrogens with zero attached hydrogens (tertiary/aromatic N) is 2. The number of esters is 2. The first kappa shape index (κ1) is 27.9. The molecule has 0 bridgehead atoms. The number of methoxy groups -OCH3 is 1. The van der Waals surface area contributed by atoms with Gasteiger partial charge in [-0.3, -0.25) is 9.36 Å². The van der Waals surface area contributed by atoms with E-state index in [4.69, 9.17) is 18.9 Å². The number of hydrogen-bond donors (Lipinski definition) is 0. The second-order valence-electron chi connectivity index (χ2n) is 9.61. The lowest BCUT2D eigenvalue weighted by molar-refractivity contribution is -0.138. The third-order valence-corrected chi connectivity index (χ3v) is 7.96. The summed E-state index contributed by atoms with van der Waals surface area (Å²) in [4.78, 5) is 44.6. The topological polar surface area (TPSA) is 100 Å². The molecule has 1 atom stereocenters. The van der Waals surface area contributed by atoms with Crippen molar-refractivity contribution in [3.63, 3.8) is 0 Å². The predicted octanol–water partition coefficient (Wildman–Crippen LogP) is 4.98. The quantitative estimate of drug-likeness (QED) is 0.248. The largest absolute Gasteiger partial charge is 0.465 e. The minimum absolute atomic E-state index is 0.183. The molecule has 0 N–H and O–H groups in total. The van der Waals surface area contributed by atoms with E-state index in [1.54, 1.807) is 54.0 Å². The number of hydrogen-bond acceptors (Lipinski definition) is 8. The molecule has 1 aliphatic heterocycles. The number of benzene rings is 3. The van der Waals surface area contributed by atoms with Gasteiger partial charge in [-0.2, -0.15) is 0 Å². The van der Waals surface area contributed by atoms with Gasteiger partial charge < -0.3 is 13.9 Å². The van der Waals surface area contributed by atoms with Crippen LogP contribution < -0.4 is 14.9 Å². The van der Waals surface area contributed by atoms with Crippen molar-refractivity contribution < 1.29 is 23.5 Å². The van der Waals surface area contributed by atoms with Crippen LogP contribution in [-0.4, -0.2) is 30.2 Å². The van der Waals surface area contributed by atoms with Gasteiger partial charge in [-0.05, 0) is 36.8 Å². The Hall–Kier alpha value is -5.28. The average Bonchev–Trinajstić information content (AvgIpc) is 3.64. The summed E-state index contributed by atoms with van der Waals surface area (Å²) < 4.78 is 18.3. The summed E-state index contributed by atoms with van der Waals surface area (Å²) in [6, 6.07) is 28.5. The number of fused-ring (bicyclic) bond motifs is 1. The van der Waals surface area contributed by atoms with Crippen LogP contribution in [0.25, 0.3) is 23.1 Å². The number of carbonyl (C=O) groups excluding carboxylic acids is 2. The zero-order chi connectivity index (χ0) is 29.9. The first-order valence-corrected chi connectivity index (χ1v) is 14.4. The van der Waals surface area contributed by atoms with Gasteiger partial charge in [0.15, 0.2) is 4.80 Å². The van der Waals surface area contributed by atoms with Gasteiger partial charge in [0, 0.05) is 17.2 Å². The van der Waals surface area contributed by atoms with Crippen LogP contribution in [0, 0.1) is 0 Å². The highest BCUT2D eigenvalue weighted by atomic mass is 32.1. The summed E-state index contributed by atoms with van der Waals surface area (Å²) in [6.07, 6.45) is 1.68. The molecule has 0 amide bonds. The van der Waals surface area contributed by atoms with Crippen molar-refractivity contribution in [2.75, 3.05) is 13.7 Å². The van der Waals surface area contributed by atoms with Crippen LogP contribution in [0.1, 0.15) is 40.2 Å². The lowest BCUT2D eigenvalue weighted by atomic mass is 9.93. The molecule has 5 aromatic rings. The number of aromatic nitrogens is 1. The lowest BCUT2D eigenvalue weighted by Crippen LogP contribution is -2.39. The van der Waals surface area contributed by atoms with E-state index in [0.29, 0.717) is 37.7 Å². The van der Waals surface area contributed by atoms with E-state index < -0.39 is 18.0 Å². The van der Waals surface area contributed by atoms with Crippen molar-refractivity contribution in [1.29, 1.82) is 0 Å². The molecule has 3 aromatic carbocycles. The van der Waals surface area contributed by atoms with Gasteiger partial charge in [-0.15, -0.1) is 0 Å². The fourth-order valence-corrected chi connectivity index (χ4v) is 5.98. The molecular formula is C34H26N2O6S. The highest BCUT2D eigenvalue weighted by Gasteiger charge is 2.35. The minimum atomic E-state index is -0.741. The van der Waals surface area contributed by atoms with E-state index >= 15 is 0 Å². The van der Waals surface area contributed by atoms with E-state index in [9.17, 15) is 14.4 Å². The SMILES string of the molecule is CCOC(=O)C1=C(c2ccccc2)N=c2s/c(=C\c3ccc(-c4ccc(C(=O)OC)cc4)o3)c(=O)n2[C@@H]1c1ccccc1. The summed E-state index contributed by atoms with van der Waals surface area (Å²) in [7, 11) is 1.33. The van der Waals surface area contributed by atoms with Gasteiger partial charge >= 0.3 is 11.9 Å². The third-order valence-electron chi connectivity index (χ3n) is 6.98. The molecule has 1 aliphatic rings. The maximum atomic E-state index is 14.0. The number of furan rings is 1. The lowest BCUT2D eigenvalue weighted by Gasteiger charge is -2.25. The van der Waals surface area contributed by atoms with Crippen LogP contribution in [0.3, 0.4) is 0 Å². The van der Waals surface area contributed by atoms with Gasteiger partial charge in [0.2, 0.25) is 0 Å². The Morgan fingerprint density at radius 1 is 0.907 bits per heavy atom. The number of thiazole rings is 1. The monoisotopic (exact) mass is 590 g/mol. The standard InChI is InChI=1S/C34H26N2O6S/c1-3-41-33(39)28-29(22-10-6-4-7-11-22)35-34-36(30(28)23-12-8-5-9-13-23)31(37)27(43-34)20-25-18-19-26(42-25)21-14-16-24(17-15-21)32(38)40-2/h4-20,30H,3H2,1-2H3/b27-20-/t30-/m1/s1. The van der Waals surface area contributed by atoms with Crippen molar-refractivity contribution in [3.05, 3.63) is 145 Å². The molecule has 3 heterocycles. The second-order valence-corrected chi connectivity index (χ2v) is 10.6. The number of ether oxygens (including phenoxy) is 2. The Kier molecular flexibility index (Phi) is 7.72. The van der Waals surface area contributed by atoms with E-state index in [2.05, 4.69) is 0 Å². The van der Waals surface area contributed by atoms with Crippen LogP contribution >= 0.6 is 11.3 Å². The van der Waals surface area contributed by atoms with E-state index in [0.717, 1.165) is 16.7 Å². The van der Waals surface area contributed by atoms with Crippen molar-refractivity contribution >= 4 is 35.0 Å². The van der Waals surface area contributed by atoms with E-state index in [-0.39, 0.29) is 12.2 Å². The van der Waals surface area contributed by atoms with Crippen LogP contribution in [0.4, 0.5) is 0 Å². The fourth-order valence-electron chi connectivity index (χ4n) is 4.99. The van der Waals surface area contributed by atoms with Crippen molar-refractivity contribution in [3.8, 4) is 11.3 Å². The molecule has 0 radical (unpaired) electrons. The zero-order valence-electron chi connectivity index (χ0n) is 23.4. The summed E-state index contributed by atoms with van der Waals surface area (Å²) >= 11 is 1.22. The first-order chi connectivity index (χ1) is 21.0. The second kappa shape index (κ2) is 11.9. The van der Waals surface area contributed by atoms with Gasteiger partial charge in [-0.25, -0.2) is 14.6 Å². The van der Waals surface area contributed by atoms with E-state index in [1.165, 1.54) is 18.4 Å². The maximum absolute atomic E-state index is 14.0. The average molecular weight is 591 g/mol. The summed E-state index contributed by atoms with van der Waals surface area (Å²) in [5.74, 6) is 0.106. The normalized spacial score (nSPS) is 14.7. The molecule has 0 spiro atoms. The molecule has 8 nitrogen and oxygen atoms in total. The Morgan fingerprint density at radius 2 is 1.60 bits per heavy atom. The molecule has 0 unspecified atom stereocenters. The molecule has 0 fully saturated rings. The van der Waals surface area contributed by atoms with Crippen LogP contribution in [0.5, 0.6) is 0 Å². The summed E-state index contributed by atoms with van der Waals surface area (Å²) in [5, 5.41) is 0. The molecule has 9 heteroatoms. The Morgan fingerprint density at radius 3 is 2.28 bits per heavy atom. The van der Waals surface area contributed by atoms with Crippen molar-refractivity contribution in [2.24, 2.45) is 4.99 Å². The molecule has 214 valence electrons. The molecule has 2 aromatic heterocycles. The predicted molar refractivity (Wildman–Crippen MR) is 163 cm³/mol. The highest BCUT2D eigenvalue weighted by molar-refractivity contribution is 7.07. The number of rotatable bonds is 7. The Labute approximate surface area is 250 Å². The van der Waals surface area contributed by atoms with Gasteiger partial charge in [0.25, 0.3) is 5.56 Å². The first-order valence-electron chi connectivity index (χ1n) is 13.6. The van der Waals surface area contributed by atoms with Crippen LogP contribution in [-0.2, 0) is 14.3 Å². The Bertz CT molecular complexity index is 2020. The number of carbonyl (C=O) groups is 2. The molecule has 0 aliphatic carbocycles. The summed E-state index contributed by atoms with van der Waals surface area (Å²) in [5.41, 5.74) is 3.18. The third kappa shape index (κ3) is 5.38. The fraction of sp³-hybridized carbons (Fsp3) is 0.118. The molecule has 6 rings (SSSR count). The van der Waals surface area contributed by atoms with Gasteiger partial charge in [0.1, 0.15) is 11.5 Å². The summed E-state index contributed by atoms with van der Waals surface area (Å²) in [6.45, 7) is 1.93. The van der Waals surface area contributed by atoms with Crippen LogP contribution in [0.2, 0.25) is 0 Å². The molecular weight excluding hydrogens is 564 g/mol. The molecule has 0 saturated carbocycles. The smallest absolute Gasteiger partial charge is 0.338 e. The van der Waals surface area contributed by atoms with Crippen LogP contribution in [0.15, 0.2) is 117 Å². The van der Waals surface area contributed by atoms with Gasteiger partial charge in [0.05, 0.1) is 41.1 Å². The Balaban J connectivity index is 1.49. The van der Waals surface area contributed by atoms with E-state index in [1.807, 2.05) is 60.7 Å². The maximum Gasteiger partial charge on any atom is 0.338 e. The van der Waals surface area contributed by atoms with Crippen molar-refractivity contribution in [2.45, 2.75) is 13.0 Å². The van der Waals surface area contributed by atoms with Crippen molar-refractivity contribution in [1.82, 2.24) is 4.57 Å². The molecule has 43 heavy (non-hydrogen) atoms. The zero-order valence-corrected chi connectivity index (χ0v) is 24.2. The molecule has 0 saturated heterocycles. The highest BCUT2D eigenvalue weighted by Crippen LogP contribution is 2.35. The minimum Gasteiger partial charge on any atom is -0.465 e.